The molecule has 0 aliphatic rings. The summed E-state index contributed by atoms with van der Waals surface area (Å²) in [4.78, 5) is 12.5. The molecule has 0 radical (unpaired) electrons. The molecule has 3 aromatic rings. The lowest BCUT2D eigenvalue weighted by Crippen LogP contribution is -2.14. The van der Waals surface area contributed by atoms with Crippen molar-refractivity contribution in [1.82, 2.24) is 14.8 Å². The summed E-state index contributed by atoms with van der Waals surface area (Å²) in [5.74, 6) is 2.18. The third-order valence-corrected chi connectivity index (χ3v) is 6.05. The Balaban J connectivity index is 1.66. The first-order valence-corrected chi connectivity index (χ1v) is 11.2. The Morgan fingerprint density at radius 2 is 1.90 bits per heavy atom. The summed E-state index contributed by atoms with van der Waals surface area (Å²) in [5.41, 5.74) is 3.00. The van der Waals surface area contributed by atoms with Crippen LogP contribution in [-0.4, -0.2) is 33.5 Å². The minimum absolute atomic E-state index is 0.0829. The molecule has 1 unspecified atom stereocenters. The maximum atomic E-state index is 12.5. The molecule has 1 heterocycles. The number of methoxy groups -OCH3 is 1. The maximum absolute atomic E-state index is 12.5. The lowest BCUT2D eigenvalue weighted by atomic mass is 9.99. The highest BCUT2D eigenvalue weighted by molar-refractivity contribution is 7.99. The first-order chi connectivity index (χ1) is 15.0. The fourth-order valence-corrected chi connectivity index (χ4v) is 3.85. The Morgan fingerprint density at radius 3 is 2.52 bits per heavy atom. The standard InChI is InChI=1S/C24H28N4O2S/c1-5-15-28-23(19-9-13-21(30-4)14-10-19)26-27-24(28)31-16-22(29)25-20-11-7-18(8-12-20)17(3)6-2/h5,7-14,17H,1,6,15-16H2,2-4H3,(H,25,29). The van der Waals surface area contributed by atoms with Gasteiger partial charge in [-0.1, -0.05) is 43.8 Å². The highest BCUT2D eigenvalue weighted by Gasteiger charge is 2.15. The molecule has 3 rings (SSSR count). The molecular weight excluding hydrogens is 408 g/mol. The summed E-state index contributed by atoms with van der Waals surface area (Å²) < 4.78 is 7.17. The van der Waals surface area contributed by atoms with Crippen LogP contribution < -0.4 is 10.1 Å². The number of ether oxygens (including phenoxy) is 1. The predicted molar refractivity (Wildman–Crippen MR) is 127 cm³/mol. The Kier molecular flexibility index (Phi) is 7.89. The number of carbonyl (C=O) groups excluding carboxylic acids is 1. The van der Waals surface area contributed by atoms with E-state index >= 15 is 0 Å². The van der Waals surface area contributed by atoms with Gasteiger partial charge in [0, 0.05) is 17.8 Å². The molecule has 1 aromatic heterocycles. The second kappa shape index (κ2) is 10.8. The molecule has 0 fully saturated rings. The van der Waals surface area contributed by atoms with E-state index in [9.17, 15) is 4.79 Å². The van der Waals surface area contributed by atoms with Crippen LogP contribution in [0.5, 0.6) is 5.75 Å². The molecule has 31 heavy (non-hydrogen) atoms. The van der Waals surface area contributed by atoms with E-state index in [0.717, 1.165) is 29.2 Å². The zero-order valence-corrected chi connectivity index (χ0v) is 19.0. The summed E-state index contributed by atoms with van der Waals surface area (Å²) in [6.45, 7) is 8.75. The van der Waals surface area contributed by atoms with E-state index in [1.807, 2.05) is 41.0 Å². The highest BCUT2D eigenvalue weighted by Crippen LogP contribution is 2.26. The Labute approximate surface area is 187 Å². The van der Waals surface area contributed by atoms with Crippen LogP contribution in [0.1, 0.15) is 31.7 Å². The number of anilines is 1. The number of thioether (sulfide) groups is 1. The molecule has 0 aliphatic heterocycles. The number of amides is 1. The number of nitrogens with one attached hydrogen (secondary N) is 1. The van der Waals surface area contributed by atoms with Gasteiger partial charge in [-0.25, -0.2) is 0 Å². The third kappa shape index (κ3) is 5.76. The zero-order valence-electron chi connectivity index (χ0n) is 18.2. The van der Waals surface area contributed by atoms with Crippen molar-refractivity contribution in [2.45, 2.75) is 37.9 Å². The number of hydrogen-bond acceptors (Lipinski definition) is 5. The number of hydrogen-bond donors (Lipinski definition) is 1. The van der Waals surface area contributed by atoms with Gasteiger partial charge in [0.15, 0.2) is 11.0 Å². The largest absolute Gasteiger partial charge is 0.497 e. The van der Waals surface area contributed by atoms with Crippen LogP contribution in [0.2, 0.25) is 0 Å². The molecule has 0 saturated carbocycles. The van der Waals surface area contributed by atoms with Gasteiger partial charge in [0.1, 0.15) is 5.75 Å². The monoisotopic (exact) mass is 436 g/mol. The normalized spacial score (nSPS) is 11.7. The topological polar surface area (TPSA) is 69.0 Å². The van der Waals surface area contributed by atoms with E-state index in [-0.39, 0.29) is 11.7 Å². The maximum Gasteiger partial charge on any atom is 0.234 e. The van der Waals surface area contributed by atoms with Crippen LogP contribution in [0.4, 0.5) is 5.69 Å². The molecule has 0 bridgehead atoms. The summed E-state index contributed by atoms with van der Waals surface area (Å²) in [6, 6.07) is 15.7. The number of nitrogens with zero attached hydrogens (tertiary/aromatic N) is 3. The van der Waals surface area contributed by atoms with Crippen LogP contribution >= 0.6 is 11.8 Å². The lowest BCUT2D eigenvalue weighted by Gasteiger charge is -2.11. The molecule has 162 valence electrons. The van der Waals surface area contributed by atoms with Crippen molar-refractivity contribution in [2.75, 3.05) is 18.2 Å². The molecule has 1 N–H and O–H groups in total. The Hall–Kier alpha value is -3.06. The molecule has 0 spiro atoms. The second-order valence-electron chi connectivity index (χ2n) is 7.20. The van der Waals surface area contributed by atoms with Crippen LogP contribution in [0, 0.1) is 0 Å². The van der Waals surface area contributed by atoms with Crippen LogP contribution in [0.3, 0.4) is 0 Å². The SMILES string of the molecule is C=CCn1c(SCC(=O)Nc2ccc(C(C)CC)cc2)nnc1-c1ccc(OC)cc1. The van der Waals surface area contributed by atoms with Gasteiger partial charge in [-0.05, 0) is 54.3 Å². The minimum atomic E-state index is -0.0829. The van der Waals surface area contributed by atoms with Crippen molar-refractivity contribution >= 4 is 23.4 Å². The lowest BCUT2D eigenvalue weighted by molar-refractivity contribution is -0.113. The second-order valence-corrected chi connectivity index (χ2v) is 8.14. The van der Waals surface area contributed by atoms with Crippen LogP contribution in [-0.2, 0) is 11.3 Å². The Bertz CT molecular complexity index is 1010. The van der Waals surface area contributed by atoms with Gasteiger partial charge >= 0.3 is 0 Å². The van der Waals surface area contributed by atoms with Gasteiger partial charge in [-0.3, -0.25) is 9.36 Å². The average molecular weight is 437 g/mol. The Morgan fingerprint density at radius 1 is 1.19 bits per heavy atom. The van der Waals surface area contributed by atoms with Gasteiger partial charge in [0.05, 0.1) is 12.9 Å². The van der Waals surface area contributed by atoms with Crippen LogP contribution in [0.25, 0.3) is 11.4 Å². The number of benzene rings is 2. The fraction of sp³-hybridized carbons (Fsp3) is 0.292. The van der Waals surface area contributed by atoms with Crippen molar-refractivity contribution in [3.05, 3.63) is 66.7 Å². The van der Waals surface area contributed by atoms with Crippen molar-refractivity contribution < 1.29 is 9.53 Å². The zero-order chi connectivity index (χ0) is 22.2. The quantitative estimate of drug-likeness (QED) is 0.341. The molecule has 6 nitrogen and oxygen atoms in total. The summed E-state index contributed by atoms with van der Waals surface area (Å²) in [5, 5.41) is 12.2. The van der Waals surface area contributed by atoms with Gasteiger partial charge in [-0.15, -0.1) is 16.8 Å². The third-order valence-electron chi connectivity index (χ3n) is 5.08. The predicted octanol–water partition coefficient (Wildman–Crippen LogP) is 5.38. The highest BCUT2D eigenvalue weighted by atomic mass is 32.2. The van der Waals surface area contributed by atoms with E-state index in [2.05, 4.69) is 48.1 Å². The number of rotatable bonds is 10. The molecule has 1 atom stereocenters. The van der Waals surface area contributed by atoms with Gasteiger partial charge in [0.2, 0.25) is 5.91 Å². The molecule has 0 aliphatic carbocycles. The molecule has 2 aromatic carbocycles. The van der Waals surface area contributed by atoms with E-state index in [1.54, 1.807) is 13.2 Å². The van der Waals surface area contributed by atoms with Crippen LogP contribution in [0.15, 0.2) is 66.3 Å². The fourth-order valence-electron chi connectivity index (χ4n) is 3.10. The van der Waals surface area contributed by atoms with Gasteiger partial charge in [-0.2, -0.15) is 0 Å². The average Bonchev–Trinajstić information content (AvgIpc) is 3.20. The molecule has 1 amide bonds. The van der Waals surface area contributed by atoms with E-state index in [0.29, 0.717) is 17.6 Å². The van der Waals surface area contributed by atoms with Gasteiger partial charge < -0.3 is 10.1 Å². The number of allylic oxidation sites excluding steroid dienone is 1. The number of carbonyl (C=O) groups is 1. The summed E-state index contributed by atoms with van der Waals surface area (Å²) in [6.07, 6.45) is 2.88. The van der Waals surface area contributed by atoms with E-state index in [1.165, 1.54) is 17.3 Å². The smallest absolute Gasteiger partial charge is 0.234 e. The van der Waals surface area contributed by atoms with Crippen molar-refractivity contribution in [2.24, 2.45) is 0 Å². The van der Waals surface area contributed by atoms with Crippen molar-refractivity contribution in [3.63, 3.8) is 0 Å². The van der Waals surface area contributed by atoms with Gasteiger partial charge in [0.25, 0.3) is 0 Å². The first-order valence-electron chi connectivity index (χ1n) is 10.3. The summed E-state index contributed by atoms with van der Waals surface area (Å²) >= 11 is 1.35. The summed E-state index contributed by atoms with van der Waals surface area (Å²) in [7, 11) is 1.63. The molecular formula is C24H28N4O2S. The molecule has 7 heteroatoms. The minimum Gasteiger partial charge on any atom is -0.497 e. The molecule has 0 saturated heterocycles. The first kappa shape index (κ1) is 22.6. The van der Waals surface area contributed by atoms with Crippen molar-refractivity contribution in [3.8, 4) is 17.1 Å². The number of aromatic nitrogens is 3. The van der Waals surface area contributed by atoms with Crippen molar-refractivity contribution in [1.29, 1.82) is 0 Å². The van der Waals surface area contributed by atoms with E-state index in [4.69, 9.17) is 4.74 Å². The van der Waals surface area contributed by atoms with E-state index < -0.39 is 0 Å².